The number of anilines is 1. The Morgan fingerprint density at radius 1 is 1.20 bits per heavy atom. The fourth-order valence-corrected chi connectivity index (χ4v) is 2.52. The van der Waals surface area contributed by atoms with Crippen molar-refractivity contribution in [3.63, 3.8) is 0 Å². The van der Waals surface area contributed by atoms with E-state index in [2.05, 4.69) is 10.4 Å². The second-order valence-corrected chi connectivity index (χ2v) is 5.44. The molecular weight excluding hydrogens is 330 g/mol. The summed E-state index contributed by atoms with van der Waals surface area (Å²) in [5.74, 6) is -2.03. The zero-order valence-corrected chi connectivity index (χ0v) is 13.2. The van der Waals surface area contributed by atoms with E-state index in [4.69, 9.17) is 0 Å². The van der Waals surface area contributed by atoms with Crippen LogP contribution in [0.5, 0.6) is 0 Å². The molecule has 0 fully saturated rings. The van der Waals surface area contributed by atoms with Crippen LogP contribution in [-0.4, -0.2) is 14.7 Å². The van der Waals surface area contributed by atoms with Crippen molar-refractivity contribution >= 4 is 11.4 Å². The second-order valence-electron chi connectivity index (χ2n) is 5.44. The molecule has 3 rings (SSSR count). The number of hydrogen-bond donors (Lipinski definition) is 1. The van der Waals surface area contributed by atoms with Crippen molar-refractivity contribution in [2.45, 2.75) is 6.54 Å². The summed E-state index contributed by atoms with van der Waals surface area (Å²) in [5, 5.41) is 17.7. The van der Waals surface area contributed by atoms with Gasteiger partial charge in [-0.15, -0.1) is 0 Å². The van der Waals surface area contributed by atoms with Crippen LogP contribution in [0.4, 0.5) is 20.2 Å². The highest BCUT2D eigenvalue weighted by atomic mass is 19.1. The number of rotatable bonds is 5. The second kappa shape index (κ2) is 6.68. The molecule has 6 nitrogen and oxygen atoms in total. The SMILES string of the molecule is Cn1cc(CNc2c(F)cc([N+](=O)[O-])cc2F)c(-c2ccccc2)n1. The Bertz CT molecular complexity index is 903. The van der Waals surface area contributed by atoms with Crippen LogP contribution in [0, 0.1) is 21.7 Å². The summed E-state index contributed by atoms with van der Waals surface area (Å²) < 4.78 is 29.6. The predicted octanol–water partition coefficient (Wildman–Crippen LogP) is 3.89. The van der Waals surface area contributed by atoms with Crippen molar-refractivity contribution in [2.75, 3.05) is 5.32 Å². The molecule has 0 bridgehead atoms. The van der Waals surface area contributed by atoms with Gasteiger partial charge in [0.2, 0.25) is 0 Å². The fraction of sp³-hybridized carbons (Fsp3) is 0.118. The zero-order chi connectivity index (χ0) is 18.0. The van der Waals surface area contributed by atoms with Gasteiger partial charge in [-0.05, 0) is 0 Å². The largest absolute Gasteiger partial charge is 0.376 e. The molecule has 0 aliphatic rings. The van der Waals surface area contributed by atoms with Crippen LogP contribution in [0.2, 0.25) is 0 Å². The molecule has 0 spiro atoms. The van der Waals surface area contributed by atoms with Crippen LogP contribution in [0.15, 0.2) is 48.7 Å². The molecule has 0 radical (unpaired) electrons. The monoisotopic (exact) mass is 344 g/mol. The standard InChI is InChI=1S/C17H14F2N4O2/c1-22-10-12(16(21-22)11-5-3-2-4-6-11)9-20-17-14(18)7-13(23(24)25)8-15(17)19/h2-8,10,20H,9H2,1H3. The third-order valence-electron chi connectivity index (χ3n) is 3.65. The molecule has 25 heavy (non-hydrogen) atoms. The average Bonchev–Trinajstić information content (AvgIpc) is 2.95. The number of nitro groups is 1. The molecule has 2 aromatic carbocycles. The van der Waals surface area contributed by atoms with E-state index in [1.807, 2.05) is 30.3 Å². The zero-order valence-electron chi connectivity index (χ0n) is 13.2. The van der Waals surface area contributed by atoms with Crippen molar-refractivity contribution in [2.24, 2.45) is 7.05 Å². The third-order valence-corrected chi connectivity index (χ3v) is 3.65. The van der Waals surface area contributed by atoms with Gasteiger partial charge in [0.1, 0.15) is 5.69 Å². The van der Waals surface area contributed by atoms with Crippen molar-refractivity contribution in [3.8, 4) is 11.3 Å². The van der Waals surface area contributed by atoms with Crippen LogP contribution in [0.1, 0.15) is 5.56 Å². The molecule has 0 saturated heterocycles. The van der Waals surface area contributed by atoms with Gasteiger partial charge < -0.3 is 5.32 Å². The van der Waals surface area contributed by atoms with Crippen molar-refractivity contribution < 1.29 is 13.7 Å². The average molecular weight is 344 g/mol. The van der Waals surface area contributed by atoms with Gasteiger partial charge in [-0.3, -0.25) is 14.8 Å². The van der Waals surface area contributed by atoms with Gasteiger partial charge in [0.05, 0.1) is 22.7 Å². The quantitative estimate of drug-likeness (QED) is 0.563. The number of halogens is 2. The maximum Gasteiger partial charge on any atom is 0.275 e. The number of aryl methyl sites for hydroxylation is 1. The van der Waals surface area contributed by atoms with Gasteiger partial charge in [-0.1, -0.05) is 30.3 Å². The first-order valence-corrected chi connectivity index (χ1v) is 7.41. The molecule has 0 aliphatic heterocycles. The highest BCUT2D eigenvalue weighted by Gasteiger charge is 2.18. The van der Waals surface area contributed by atoms with E-state index in [1.165, 1.54) is 0 Å². The number of non-ortho nitro benzene ring substituents is 1. The normalized spacial score (nSPS) is 10.7. The van der Waals surface area contributed by atoms with Crippen LogP contribution in [0.25, 0.3) is 11.3 Å². The summed E-state index contributed by atoms with van der Waals surface area (Å²) >= 11 is 0. The fourth-order valence-electron chi connectivity index (χ4n) is 2.52. The maximum absolute atomic E-state index is 14.0. The number of aromatic nitrogens is 2. The van der Waals surface area contributed by atoms with Crippen LogP contribution in [-0.2, 0) is 13.6 Å². The first-order chi connectivity index (χ1) is 12.0. The minimum absolute atomic E-state index is 0.115. The number of nitrogens with one attached hydrogen (secondary N) is 1. The molecule has 0 atom stereocenters. The first kappa shape index (κ1) is 16.6. The van der Waals surface area contributed by atoms with E-state index in [-0.39, 0.29) is 6.54 Å². The Morgan fingerprint density at radius 2 is 1.84 bits per heavy atom. The number of benzene rings is 2. The summed E-state index contributed by atoms with van der Waals surface area (Å²) in [5.41, 5.74) is 1.27. The lowest BCUT2D eigenvalue weighted by atomic mass is 10.1. The lowest BCUT2D eigenvalue weighted by Crippen LogP contribution is -2.05. The summed E-state index contributed by atoms with van der Waals surface area (Å²) in [6.45, 7) is 0.115. The Balaban J connectivity index is 1.87. The molecule has 0 aliphatic carbocycles. The summed E-state index contributed by atoms with van der Waals surface area (Å²) in [6.07, 6.45) is 1.75. The van der Waals surface area contributed by atoms with E-state index in [0.717, 1.165) is 11.1 Å². The number of nitrogens with zero attached hydrogens (tertiary/aromatic N) is 3. The Hall–Kier alpha value is -3.29. The molecule has 0 saturated carbocycles. The van der Waals surface area contributed by atoms with Gasteiger partial charge >= 0.3 is 0 Å². The van der Waals surface area contributed by atoms with E-state index in [0.29, 0.717) is 17.8 Å². The molecular formula is C17H14F2N4O2. The van der Waals surface area contributed by atoms with Gasteiger partial charge in [0, 0.05) is 30.9 Å². The van der Waals surface area contributed by atoms with E-state index < -0.39 is 27.9 Å². The Kier molecular flexibility index (Phi) is 4.42. The van der Waals surface area contributed by atoms with Gasteiger partial charge in [-0.2, -0.15) is 5.10 Å². The highest BCUT2D eigenvalue weighted by Crippen LogP contribution is 2.27. The van der Waals surface area contributed by atoms with Gasteiger partial charge in [0.25, 0.3) is 5.69 Å². The Labute approximate surface area is 141 Å². The van der Waals surface area contributed by atoms with Crippen LogP contribution in [0.3, 0.4) is 0 Å². The molecule has 3 aromatic rings. The van der Waals surface area contributed by atoms with Crippen molar-refractivity contribution in [1.29, 1.82) is 0 Å². The maximum atomic E-state index is 14.0. The molecule has 1 heterocycles. The van der Waals surface area contributed by atoms with Crippen molar-refractivity contribution in [1.82, 2.24) is 9.78 Å². The molecule has 1 aromatic heterocycles. The molecule has 128 valence electrons. The van der Waals surface area contributed by atoms with Gasteiger partial charge in [0.15, 0.2) is 11.6 Å². The number of hydrogen-bond acceptors (Lipinski definition) is 4. The summed E-state index contributed by atoms with van der Waals surface area (Å²) in [6, 6.07) is 10.8. The topological polar surface area (TPSA) is 73.0 Å². The number of nitro benzene ring substituents is 1. The molecule has 0 amide bonds. The van der Waals surface area contributed by atoms with E-state index in [9.17, 15) is 18.9 Å². The predicted molar refractivity (Wildman–Crippen MR) is 89.0 cm³/mol. The van der Waals surface area contributed by atoms with Crippen LogP contribution < -0.4 is 5.32 Å². The first-order valence-electron chi connectivity index (χ1n) is 7.41. The molecule has 0 unspecified atom stereocenters. The van der Waals surface area contributed by atoms with Crippen LogP contribution >= 0.6 is 0 Å². The molecule has 1 N–H and O–H groups in total. The Morgan fingerprint density at radius 3 is 2.44 bits per heavy atom. The van der Waals surface area contributed by atoms with E-state index >= 15 is 0 Å². The smallest absolute Gasteiger partial charge is 0.275 e. The minimum Gasteiger partial charge on any atom is -0.376 e. The van der Waals surface area contributed by atoms with E-state index in [1.54, 1.807) is 17.9 Å². The minimum atomic E-state index is -1.02. The lowest BCUT2D eigenvalue weighted by Gasteiger charge is -2.09. The third kappa shape index (κ3) is 3.47. The molecule has 8 heteroatoms. The summed E-state index contributed by atoms with van der Waals surface area (Å²) in [7, 11) is 1.75. The van der Waals surface area contributed by atoms with Crippen molar-refractivity contribution in [3.05, 3.63) is 76.0 Å². The summed E-state index contributed by atoms with van der Waals surface area (Å²) in [4.78, 5) is 9.80. The lowest BCUT2D eigenvalue weighted by molar-refractivity contribution is -0.385. The highest BCUT2D eigenvalue weighted by molar-refractivity contribution is 5.63. The van der Waals surface area contributed by atoms with Gasteiger partial charge in [-0.25, -0.2) is 8.78 Å².